The van der Waals surface area contributed by atoms with Gasteiger partial charge in [-0.15, -0.1) is 0 Å². The molecule has 2 aromatic heterocycles. The molecule has 96 valence electrons. The summed E-state index contributed by atoms with van der Waals surface area (Å²) in [6, 6.07) is 6.52. The maximum Gasteiger partial charge on any atom is 0.0596 e. The van der Waals surface area contributed by atoms with Gasteiger partial charge in [0, 0.05) is 37.6 Å². The largest absolute Gasteiger partial charge is 0.310 e. The first kappa shape index (κ1) is 12.8. The Kier molecular flexibility index (Phi) is 4.10. The molecule has 0 aliphatic rings. The van der Waals surface area contributed by atoms with Crippen LogP contribution < -0.4 is 5.32 Å². The van der Waals surface area contributed by atoms with Crippen LogP contribution in [0.3, 0.4) is 0 Å². The van der Waals surface area contributed by atoms with Crippen LogP contribution in [0.15, 0.2) is 30.6 Å². The summed E-state index contributed by atoms with van der Waals surface area (Å²) in [5.74, 6) is 0. The highest BCUT2D eigenvalue weighted by Crippen LogP contribution is 2.17. The Morgan fingerprint density at radius 3 is 2.83 bits per heavy atom. The lowest BCUT2D eigenvalue weighted by molar-refractivity contribution is 0.527. The van der Waals surface area contributed by atoms with Crippen molar-refractivity contribution >= 4 is 0 Å². The predicted molar refractivity (Wildman–Crippen MR) is 72.3 cm³/mol. The summed E-state index contributed by atoms with van der Waals surface area (Å²) >= 11 is 0. The summed E-state index contributed by atoms with van der Waals surface area (Å²) in [5, 5.41) is 7.89. The van der Waals surface area contributed by atoms with Crippen LogP contribution in [0.5, 0.6) is 0 Å². The molecule has 2 aromatic rings. The van der Waals surface area contributed by atoms with Crippen molar-refractivity contribution in [2.24, 2.45) is 7.05 Å². The van der Waals surface area contributed by atoms with Crippen LogP contribution in [-0.2, 0) is 13.5 Å². The van der Waals surface area contributed by atoms with Crippen molar-refractivity contribution in [3.05, 3.63) is 47.5 Å². The molecule has 0 spiro atoms. The Bertz CT molecular complexity index is 490. The van der Waals surface area contributed by atoms with Gasteiger partial charge in [0.15, 0.2) is 0 Å². The van der Waals surface area contributed by atoms with E-state index in [1.54, 1.807) is 6.20 Å². The number of hydrogen-bond donors (Lipinski definition) is 1. The second kappa shape index (κ2) is 5.78. The summed E-state index contributed by atoms with van der Waals surface area (Å²) in [6.07, 6.45) is 4.66. The highest BCUT2D eigenvalue weighted by molar-refractivity contribution is 5.18. The number of nitrogens with one attached hydrogen (secondary N) is 1. The zero-order chi connectivity index (χ0) is 13.0. The number of aromatic nitrogens is 3. The van der Waals surface area contributed by atoms with Crippen LogP contribution in [0.2, 0.25) is 0 Å². The van der Waals surface area contributed by atoms with E-state index >= 15 is 0 Å². The quantitative estimate of drug-likeness (QED) is 0.875. The normalized spacial score (nSPS) is 12.6. The number of nitrogens with zero attached hydrogens (tertiary/aromatic N) is 3. The third kappa shape index (κ3) is 2.96. The van der Waals surface area contributed by atoms with Crippen molar-refractivity contribution in [3.63, 3.8) is 0 Å². The molecule has 0 amide bonds. The van der Waals surface area contributed by atoms with Crippen molar-refractivity contribution in [2.45, 2.75) is 26.3 Å². The molecule has 0 aliphatic carbocycles. The minimum Gasteiger partial charge on any atom is -0.310 e. The van der Waals surface area contributed by atoms with Crippen molar-refractivity contribution in [2.75, 3.05) is 6.54 Å². The Labute approximate surface area is 108 Å². The van der Waals surface area contributed by atoms with Gasteiger partial charge in [0.2, 0.25) is 0 Å². The van der Waals surface area contributed by atoms with Crippen LogP contribution in [0.1, 0.15) is 29.9 Å². The SMILES string of the molecule is CCNC(Cc1cc(C)nn1C)c1cccnc1. The summed E-state index contributed by atoms with van der Waals surface area (Å²) in [7, 11) is 1.99. The van der Waals surface area contributed by atoms with E-state index in [1.165, 1.54) is 11.3 Å². The smallest absolute Gasteiger partial charge is 0.0596 e. The maximum atomic E-state index is 4.39. The molecule has 0 fully saturated rings. The fourth-order valence-corrected chi connectivity index (χ4v) is 2.20. The van der Waals surface area contributed by atoms with Gasteiger partial charge in [-0.1, -0.05) is 13.0 Å². The fraction of sp³-hybridized carbons (Fsp3) is 0.429. The van der Waals surface area contributed by atoms with Crippen molar-refractivity contribution in [1.29, 1.82) is 0 Å². The van der Waals surface area contributed by atoms with E-state index in [4.69, 9.17) is 0 Å². The second-order valence-electron chi connectivity index (χ2n) is 4.50. The highest BCUT2D eigenvalue weighted by Gasteiger charge is 2.13. The minimum atomic E-state index is 0.290. The monoisotopic (exact) mass is 244 g/mol. The van der Waals surface area contributed by atoms with E-state index in [2.05, 4.69) is 34.5 Å². The first-order valence-electron chi connectivity index (χ1n) is 6.33. The minimum absolute atomic E-state index is 0.290. The van der Waals surface area contributed by atoms with E-state index in [0.29, 0.717) is 6.04 Å². The average molecular weight is 244 g/mol. The van der Waals surface area contributed by atoms with Gasteiger partial charge in [-0.05, 0) is 31.2 Å². The van der Waals surface area contributed by atoms with Crippen molar-refractivity contribution in [3.8, 4) is 0 Å². The highest BCUT2D eigenvalue weighted by atomic mass is 15.3. The molecule has 1 N–H and O–H groups in total. The standard InChI is InChI=1S/C14H20N4/c1-4-16-14(12-6-5-7-15-10-12)9-13-8-11(2)17-18(13)3/h5-8,10,14,16H,4,9H2,1-3H3. The molecule has 0 radical (unpaired) electrons. The molecular formula is C14H20N4. The summed E-state index contributed by atoms with van der Waals surface area (Å²) in [4.78, 5) is 4.19. The van der Waals surface area contributed by atoms with Crippen LogP contribution in [0.25, 0.3) is 0 Å². The number of rotatable bonds is 5. The summed E-state index contributed by atoms with van der Waals surface area (Å²) in [5.41, 5.74) is 3.52. The van der Waals surface area contributed by atoms with Gasteiger partial charge in [0.25, 0.3) is 0 Å². The molecular weight excluding hydrogens is 224 g/mol. The van der Waals surface area contributed by atoms with Gasteiger partial charge in [0.05, 0.1) is 5.69 Å². The summed E-state index contributed by atoms with van der Waals surface area (Å²) < 4.78 is 1.95. The van der Waals surface area contributed by atoms with Crippen LogP contribution in [0, 0.1) is 6.92 Å². The molecule has 0 bridgehead atoms. The zero-order valence-corrected chi connectivity index (χ0v) is 11.2. The van der Waals surface area contributed by atoms with Crippen LogP contribution in [0.4, 0.5) is 0 Å². The lowest BCUT2D eigenvalue weighted by Gasteiger charge is -2.17. The molecule has 2 heterocycles. The molecule has 18 heavy (non-hydrogen) atoms. The molecule has 0 aromatic carbocycles. The zero-order valence-electron chi connectivity index (χ0n) is 11.2. The summed E-state index contributed by atoms with van der Waals surface area (Å²) in [6.45, 7) is 5.09. The van der Waals surface area contributed by atoms with E-state index in [0.717, 1.165) is 18.7 Å². The number of aryl methyl sites for hydroxylation is 2. The molecule has 2 rings (SSSR count). The third-order valence-electron chi connectivity index (χ3n) is 3.05. The van der Waals surface area contributed by atoms with Gasteiger partial charge in [-0.2, -0.15) is 5.10 Å². The van der Waals surface area contributed by atoms with Gasteiger partial charge >= 0.3 is 0 Å². The number of pyridine rings is 1. The molecule has 1 atom stereocenters. The first-order chi connectivity index (χ1) is 8.70. The van der Waals surface area contributed by atoms with Crippen molar-refractivity contribution < 1.29 is 0 Å². The lowest BCUT2D eigenvalue weighted by Crippen LogP contribution is -2.24. The molecule has 4 nitrogen and oxygen atoms in total. The Morgan fingerprint density at radius 2 is 2.28 bits per heavy atom. The van der Waals surface area contributed by atoms with E-state index in [-0.39, 0.29) is 0 Å². The fourth-order valence-electron chi connectivity index (χ4n) is 2.20. The number of hydrogen-bond acceptors (Lipinski definition) is 3. The topological polar surface area (TPSA) is 42.7 Å². The maximum absolute atomic E-state index is 4.39. The molecule has 0 saturated heterocycles. The van der Waals surface area contributed by atoms with E-state index in [1.807, 2.05) is 30.9 Å². The number of likely N-dealkylation sites (N-methyl/N-ethyl adjacent to an activating group) is 1. The van der Waals surface area contributed by atoms with Crippen LogP contribution >= 0.6 is 0 Å². The van der Waals surface area contributed by atoms with Gasteiger partial charge in [-0.25, -0.2) is 0 Å². The third-order valence-corrected chi connectivity index (χ3v) is 3.05. The Morgan fingerprint density at radius 1 is 1.44 bits per heavy atom. The van der Waals surface area contributed by atoms with Crippen molar-refractivity contribution in [1.82, 2.24) is 20.1 Å². The second-order valence-corrected chi connectivity index (χ2v) is 4.50. The molecule has 0 aliphatic heterocycles. The first-order valence-corrected chi connectivity index (χ1v) is 6.33. The van der Waals surface area contributed by atoms with Crippen LogP contribution in [-0.4, -0.2) is 21.3 Å². The Hall–Kier alpha value is -1.68. The van der Waals surface area contributed by atoms with Gasteiger partial charge in [0.1, 0.15) is 0 Å². The van der Waals surface area contributed by atoms with Gasteiger partial charge < -0.3 is 5.32 Å². The lowest BCUT2D eigenvalue weighted by atomic mass is 10.0. The Balaban J connectivity index is 2.19. The van der Waals surface area contributed by atoms with E-state index < -0.39 is 0 Å². The predicted octanol–water partition coefficient (Wildman–Crippen LogP) is 2.02. The molecule has 1 unspecified atom stereocenters. The van der Waals surface area contributed by atoms with Gasteiger partial charge in [-0.3, -0.25) is 9.67 Å². The average Bonchev–Trinajstić information content (AvgIpc) is 2.68. The molecule has 4 heteroatoms. The molecule has 0 saturated carbocycles. The van der Waals surface area contributed by atoms with E-state index in [9.17, 15) is 0 Å².